The van der Waals surface area contributed by atoms with Crippen LogP contribution < -0.4 is 10.5 Å². The first kappa shape index (κ1) is 16.3. The molecule has 0 saturated heterocycles. The van der Waals surface area contributed by atoms with Crippen molar-refractivity contribution in [2.24, 2.45) is 0 Å². The van der Waals surface area contributed by atoms with Crippen molar-refractivity contribution in [3.63, 3.8) is 0 Å². The third kappa shape index (κ3) is 4.69. The van der Waals surface area contributed by atoms with Crippen LogP contribution in [0.4, 0.5) is 10.1 Å². The van der Waals surface area contributed by atoms with E-state index < -0.39 is 15.8 Å². The Hall–Kier alpha value is -0.750. The standard InChI is InChI=1S/C11H12BrFN2O2S2/c1-2-4-18-5-3-15-19(16,17)11-6-8(12)9(13)7-10(11)14/h1,6-7,15H,3-5,14H2. The number of nitrogens with two attached hydrogens (primary N) is 1. The number of anilines is 1. The molecule has 19 heavy (non-hydrogen) atoms. The maximum Gasteiger partial charge on any atom is 0.242 e. The predicted octanol–water partition coefficient (Wildman–Crippen LogP) is 1.82. The number of nitrogens with one attached hydrogen (secondary N) is 1. The maximum absolute atomic E-state index is 13.2. The molecule has 0 aliphatic rings. The molecule has 0 amide bonds. The van der Waals surface area contributed by atoms with Gasteiger partial charge in [0.1, 0.15) is 10.7 Å². The molecule has 0 aliphatic carbocycles. The molecule has 0 radical (unpaired) electrons. The van der Waals surface area contributed by atoms with E-state index in [-0.39, 0.29) is 21.6 Å². The van der Waals surface area contributed by atoms with Gasteiger partial charge in [-0.2, -0.15) is 0 Å². The van der Waals surface area contributed by atoms with Gasteiger partial charge in [0, 0.05) is 12.3 Å². The average molecular weight is 367 g/mol. The van der Waals surface area contributed by atoms with Crippen molar-refractivity contribution < 1.29 is 12.8 Å². The lowest BCUT2D eigenvalue weighted by molar-refractivity contribution is 0.583. The molecule has 0 heterocycles. The molecule has 0 aliphatic heterocycles. The first-order valence-electron chi connectivity index (χ1n) is 5.14. The maximum atomic E-state index is 13.2. The summed E-state index contributed by atoms with van der Waals surface area (Å²) in [5.41, 5.74) is 5.38. The molecule has 1 aromatic rings. The molecule has 0 fully saturated rings. The van der Waals surface area contributed by atoms with E-state index in [2.05, 4.69) is 26.6 Å². The van der Waals surface area contributed by atoms with E-state index in [1.807, 2.05) is 0 Å². The molecular weight excluding hydrogens is 355 g/mol. The van der Waals surface area contributed by atoms with Crippen LogP contribution in [0.15, 0.2) is 21.5 Å². The fraction of sp³-hybridized carbons (Fsp3) is 0.273. The van der Waals surface area contributed by atoms with E-state index in [0.717, 1.165) is 12.1 Å². The lowest BCUT2D eigenvalue weighted by atomic mass is 10.3. The number of hydrogen-bond acceptors (Lipinski definition) is 4. The van der Waals surface area contributed by atoms with E-state index in [1.54, 1.807) is 0 Å². The first-order valence-corrected chi connectivity index (χ1v) is 8.57. The van der Waals surface area contributed by atoms with Crippen molar-refractivity contribution in [1.82, 2.24) is 4.72 Å². The third-order valence-electron chi connectivity index (χ3n) is 2.07. The molecule has 0 unspecified atom stereocenters. The number of thioether (sulfide) groups is 1. The van der Waals surface area contributed by atoms with Crippen LogP contribution in [0, 0.1) is 18.2 Å². The van der Waals surface area contributed by atoms with Gasteiger partial charge in [0.25, 0.3) is 0 Å². The second kappa shape index (κ2) is 7.14. The summed E-state index contributed by atoms with van der Waals surface area (Å²) in [7, 11) is -3.75. The van der Waals surface area contributed by atoms with Crippen molar-refractivity contribution in [2.75, 3.05) is 23.8 Å². The Bertz CT molecular complexity index is 599. The van der Waals surface area contributed by atoms with E-state index in [1.165, 1.54) is 11.8 Å². The van der Waals surface area contributed by atoms with Gasteiger partial charge in [0.2, 0.25) is 10.0 Å². The molecule has 8 heteroatoms. The minimum atomic E-state index is -3.75. The molecule has 0 spiro atoms. The Balaban J connectivity index is 2.78. The number of terminal acetylenes is 1. The lowest BCUT2D eigenvalue weighted by Crippen LogP contribution is -2.27. The Morgan fingerprint density at radius 3 is 2.84 bits per heavy atom. The number of nitrogen functional groups attached to an aromatic ring is 1. The normalized spacial score (nSPS) is 11.2. The summed E-state index contributed by atoms with van der Waals surface area (Å²) >= 11 is 4.36. The Morgan fingerprint density at radius 1 is 1.53 bits per heavy atom. The number of benzene rings is 1. The van der Waals surface area contributed by atoms with Crippen LogP contribution in [0.1, 0.15) is 0 Å². The van der Waals surface area contributed by atoms with Gasteiger partial charge >= 0.3 is 0 Å². The molecule has 4 nitrogen and oxygen atoms in total. The van der Waals surface area contributed by atoms with Crippen LogP contribution >= 0.6 is 27.7 Å². The van der Waals surface area contributed by atoms with Gasteiger partial charge in [0.15, 0.2) is 0 Å². The lowest BCUT2D eigenvalue weighted by Gasteiger charge is -2.09. The summed E-state index contributed by atoms with van der Waals surface area (Å²) < 4.78 is 39.5. The van der Waals surface area contributed by atoms with Gasteiger partial charge in [-0.1, -0.05) is 5.92 Å². The summed E-state index contributed by atoms with van der Waals surface area (Å²) in [5, 5.41) is 0. The van der Waals surface area contributed by atoms with E-state index in [4.69, 9.17) is 12.2 Å². The molecule has 1 rings (SSSR count). The van der Waals surface area contributed by atoms with Crippen LogP contribution in [0.2, 0.25) is 0 Å². The number of hydrogen-bond donors (Lipinski definition) is 2. The predicted molar refractivity (Wildman–Crippen MR) is 79.9 cm³/mol. The monoisotopic (exact) mass is 366 g/mol. The summed E-state index contributed by atoms with van der Waals surface area (Å²) in [6, 6.07) is 2.10. The van der Waals surface area contributed by atoms with Crippen LogP contribution in [0.5, 0.6) is 0 Å². The molecular formula is C11H12BrFN2O2S2. The van der Waals surface area contributed by atoms with E-state index in [9.17, 15) is 12.8 Å². The molecule has 3 N–H and O–H groups in total. The van der Waals surface area contributed by atoms with Gasteiger partial charge in [-0.05, 0) is 28.1 Å². The van der Waals surface area contributed by atoms with Crippen molar-refractivity contribution in [1.29, 1.82) is 0 Å². The average Bonchev–Trinajstić information content (AvgIpc) is 2.33. The highest BCUT2D eigenvalue weighted by Crippen LogP contribution is 2.25. The zero-order valence-electron chi connectivity index (χ0n) is 9.82. The molecule has 104 valence electrons. The van der Waals surface area contributed by atoms with Gasteiger partial charge < -0.3 is 5.73 Å². The van der Waals surface area contributed by atoms with E-state index >= 15 is 0 Å². The summed E-state index contributed by atoms with van der Waals surface area (Å²) in [5.74, 6) is 2.89. The molecule has 0 bridgehead atoms. The smallest absolute Gasteiger partial charge is 0.242 e. The Kier molecular flexibility index (Phi) is 6.13. The minimum Gasteiger partial charge on any atom is -0.398 e. The van der Waals surface area contributed by atoms with Gasteiger partial charge in [0.05, 0.1) is 15.9 Å². The van der Waals surface area contributed by atoms with Gasteiger partial charge in [-0.15, -0.1) is 18.2 Å². The van der Waals surface area contributed by atoms with Crippen LogP contribution in [-0.4, -0.2) is 26.5 Å². The SMILES string of the molecule is C#CCSCCNS(=O)(=O)c1cc(Br)c(F)cc1N. The fourth-order valence-electron chi connectivity index (χ4n) is 1.23. The second-order valence-electron chi connectivity index (χ2n) is 3.46. The quantitative estimate of drug-likeness (QED) is 0.457. The van der Waals surface area contributed by atoms with Crippen molar-refractivity contribution in [3.05, 3.63) is 22.4 Å². The topological polar surface area (TPSA) is 72.2 Å². The highest BCUT2D eigenvalue weighted by molar-refractivity contribution is 9.10. The van der Waals surface area contributed by atoms with Gasteiger partial charge in [-0.3, -0.25) is 0 Å². The number of halogens is 2. The van der Waals surface area contributed by atoms with Crippen LogP contribution in [-0.2, 0) is 10.0 Å². The van der Waals surface area contributed by atoms with Crippen molar-refractivity contribution in [3.8, 4) is 12.3 Å². The largest absolute Gasteiger partial charge is 0.398 e. The van der Waals surface area contributed by atoms with Crippen molar-refractivity contribution >= 4 is 43.4 Å². The third-order valence-corrected chi connectivity index (χ3v) is 5.05. The second-order valence-corrected chi connectivity index (χ2v) is 7.15. The van der Waals surface area contributed by atoms with Crippen LogP contribution in [0.3, 0.4) is 0 Å². The first-order chi connectivity index (χ1) is 8.88. The number of sulfonamides is 1. The van der Waals surface area contributed by atoms with Gasteiger partial charge in [-0.25, -0.2) is 17.5 Å². The Labute approximate surface area is 124 Å². The number of rotatable bonds is 6. The summed E-state index contributed by atoms with van der Waals surface area (Å²) in [6.07, 6.45) is 5.07. The van der Waals surface area contributed by atoms with Crippen molar-refractivity contribution in [2.45, 2.75) is 4.90 Å². The molecule has 0 saturated carbocycles. The van der Waals surface area contributed by atoms with E-state index in [0.29, 0.717) is 11.5 Å². The fourth-order valence-corrected chi connectivity index (χ4v) is 3.53. The summed E-state index contributed by atoms with van der Waals surface area (Å²) in [4.78, 5) is -0.150. The summed E-state index contributed by atoms with van der Waals surface area (Å²) in [6.45, 7) is 0.225. The highest BCUT2D eigenvalue weighted by atomic mass is 79.9. The molecule has 0 atom stereocenters. The zero-order valence-corrected chi connectivity index (χ0v) is 13.0. The molecule has 0 aromatic heterocycles. The zero-order chi connectivity index (χ0) is 14.5. The highest BCUT2D eigenvalue weighted by Gasteiger charge is 2.19. The minimum absolute atomic E-state index is 0.0452. The Morgan fingerprint density at radius 2 is 2.21 bits per heavy atom. The molecule has 1 aromatic carbocycles. The van der Waals surface area contributed by atoms with Crippen LogP contribution in [0.25, 0.3) is 0 Å².